The fourth-order valence-corrected chi connectivity index (χ4v) is 4.21. The third-order valence-corrected chi connectivity index (χ3v) is 6.03. The summed E-state index contributed by atoms with van der Waals surface area (Å²) in [5.41, 5.74) is 3.56. The van der Waals surface area contributed by atoms with E-state index < -0.39 is 11.9 Å². The van der Waals surface area contributed by atoms with Gasteiger partial charge in [-0.3, -0.25) is 4.79 Å². The molecule has 1 saturated heterocycles. The van der Waals surface area contributed by atoms with Gasteiger partial charge in [0, 0.05) is 37.8 Å². The maximum absolute atomic E-state index is 14.0. The van der Waals surface area contributed by atoms with Gasteiger partial charge in [0.15, 0.2) is 11.5 Å². The molecule has 0 aliphatic carbocycles. The topological polar surface area (TPSA) is 95.0 Å². The number of hydrogen-bond donors (Lipinski definition) is 1. The fourth-order valence-electron chi connectivity index (χ4n) is 4.21. The molecule has 10 heteroatoms. The lowest BCUT2D eigenvalue weighted by molar-refractivity contribution is -0.173. The van der Waals surface area contributed by atoms with E-state index in [1.165, 1.54) is 12.3 Å². The van der Waals surface area contributed by atoms with E-state index in [0.29, 0.717) is 31.4 Å². The molecule has 1 aromatic carbocycles. The van der Waals surface area contributed by atoms with Crippen molar-refractivity contribution in [1.82, 2.24) is 9.97 Å². The molecule has 1 N–H and O–H groups in total. The lowest BCUT2D eigenvalue weighted by atomic mass is 10.00. The van der Waals surface area contributed by atoms with Crippen molar-refractivity contribution in [2.24, 2.45) is 0 Å². The number of alkyl halides is 1. The van der Waals surface area contributed by atoms with Crippen LogP contribution in [0.25, 0.3) is 11.1 Å². The number of rotatable bonds is 7. The van der Waals surface area contributed by atoms with Crippen molar-refractivity contribution in [2.75, 3.05) is 43.1 Å². The Balaban J connectivity index is 1.42. The van der Waals surface area contributed by atoms with Crippen molar-refractivity contribution >= 4 is 17.4 Å². The summed E-state index contributed by atoms with van der Waals surface area (Å²) < 4.78 is 35.5. The summed E-state index contributed by atoms with van der Waals surface area (Å²) in [5, 5.41) is 2.87. The van der Waals surface area contributed by atoms with Crippen LogP contribution >= 0.6 is 0 Å². The number of nitrogens with zero attached hydrogens (tertiary/aromatic N) is 3. The molecule has 1 unspecified atom stereocenters. The molecule has 0 bridgehead atoms. The van der Waals surface area contributed by atoms with E-state index in [-0.39, 0.29) is 17.2 Å². The zero-order valence-corrected chi connectivity index (χ0v) is 21.0. The van der Waals surface area contributed by atoms with E-state index in [1.807, 2.05) is 44.2 Å². The smallest absolute Gasteiger partial charge is 0.404 e. The number of amides is 1. The first-order chi connectivity index (χ1) is 17.8. The van der Waals surface area contributed by atoms with Crippen LogP contribution in [0.2, 0.25) is 0 Å². The maximum atomic E-state index is 14.0. The Morgan fingerprint density at radius 1 is 1.16 bits per heavy atom. The number of aryl methyl sites for hydroxylation is 1. The van der Waals surface area contributed by atoms with E-state index >= 15 is 0 Å². The zero-order valence-electron chi connectivity index (χ0n) is 21.0. The van der Waals surface area contributed by atoms with Gasteiger partial charge in [-0.2, -0.15) is 9.37 Å². The Hall–Kier alpha value is -3.92. The number of nitrogens with one attached hydrogen (secondary N) is 1. The number of hydrogen-bond acceptors (Lipinski definition) is 8. The summed E-state index contributed by atoms with van der Waals surface area (Å²) in [4.78, 5) is 23.9. The van der Waals surface area contributed by atoms with Crippen LogP contribution in [0.1, 0.15) is 36.3 Å². The van der Waals surface area contributed by atoms with Crippen LogP contribution in [-0.4, -0.2) is 54.8 Å². The highest BCUT2D eigenvalue weighted by molar-refractivity contribution is 6.03. The highest BCUT2D eigenvalue weighted by Gasteiger charge is 2.37. The molecule has 3 aromatic rings. The predicted octanol–water partition coefficient (Wildman–Crippen LogP) is 4.74. The van der Waals surface area contributed by atoms with Gasteiger partial charge in [0.25, 0.3) is 5.91 Å². The Bertz CT molecular complexity index is 1310. The monoisotopic (exact) mass is 508 g/mol. The lowest BCUT2D eigenvalue weighted by Crippen LogP contribution is -2.36. The number of aromatic nitrogens is 2. The third kappa shape index (κ3) is 5.59. The Morgan fingerprint density at radius 3 is 2.73 bits per heavy atom. The first-order valence-corrected chi connectivity index (χ1v) is 12.3. The first kappa shape index (κ1) is 24.8. The number of pyridine rings is 2. The largest absolute Gasteiger partial charge is 0.478 e. The molecule has 9 nitrogen and oxygen atoms in total. The molecule has 1 atom stereocenters. The van der Waals surface area contributed by atoms with E-state index in [9.17, 15) is 9.18 Å². The molecule has 2 aromatic heterocycles. The van der Waals surface area contributed by atoms with Crippen LogP contribution in [0.3, 0.4) is 0 Å². The van der Waals surface area contributed by atoms with Crippen molar-refractivity contribution in [3.05, 3.63) is 53.9 Å². The number of benzene rings is 1. The first-order valence-electron chi connectivity index (χ1n) is 12.3. The van der Waals surface area contributed by atoms with Gasteiger partial charge in [-0.25, -0.2) is 4.98 Å². The van der Waals surface area contributed by atoms with Crippen LogP contribution in [0.5, 0.6) is 17.4 Å². The summed E-state index contributed by atoms with van der Waals surface area (Å²) >= 11 is 0. The number of halogens is 1. The second-order valence-electron chi connectivity index (χ2n) is 9.04. The summed E-state index contributed by atoms with van der Waals surface area (Å²) in [6, 6.07) is 8.69. The number of morpholine rings is 1. The quantitative estimate of drug-likeness (QED) is 0.489. The number of anilines is 2. The van der Waals surface area contributed by atoms with Gasteiger partial charge in [-0.1, -0.05) is 13.0 Å². The lowest BCUT2D eigenvalue weighted by Gasteiger charge is -2.28. The molecule has 2 aliphatic heterocycles. The van der Waals surface area contributed by atoms with Crippen LogP contribution in [-0.2, 0) is 4.74 Å². The highest BCUT2D eigenvalue weighted by Crippen LogP contribution is 2.39. The van der Waals surface area contributed by atoms with Crippen molar-refractivity contribution in [1.29, 1.82) is 0 Å². The molecule has 0 radical (unpaired) electrons. The molecule has 0 spiro atoms. The normalized spacial score (nSPS) is 18.5. The van der Waals surface area contributed by atoms with E-state index in [4.69, 9.17) is 23.9 Å². The third-order valence-electron chi connectivity index (χ3n) is 6.03. The molecule has 0 saturated carbocycles. The summed E-state index contributed by atoms with van der Waals surface area (Å²) in [5.74, 6) is 1.20. The zero-order chi connectivity index (χ0) is 26.0. The van der Waals surface area contributed by atoms with E-state index in [2.05, 4.69) is 15.2 Å². The molecule has 4 heterocycles. The summed E-state index contributed by atoms with van der Waals surface area (Å²) in [7, 11) is 0. The Labute approximate surface area is 214 Å². The van der Waals surface area contributed by atoms with Gasteiger partial charge >= 0.3 is 6.04 Å². The minimum atomic E-state index is -2.28. The molecule has 194 valence electrons. The van der Waals surface area contributed by atoms with Gasteiger partial charge in [0.1, 0.15) is 11.5 Å². The molecule has 2 aliphatic rings. The van der Waals surface area contributed by atoms with Crippen molar-refractivity contribution in [2.45, 2.75) is 33.2 Å². The maximum Gasteiger partial charge on any atom is 0.404 e. The van der Waals surface area contributed by atoms with Crippen molar-refractivity contribution in [3.63, 3.8) is 0 Å². The SMILES string of the molecule is CCCOc1cc(-c2cc(NC(=O)c3cc4c(cn3)OC(C)(F)O4)ccc2C)cc(N2CCOCC2)n1. The number of ether oxygens (including phenoxy) is 4. The fraction of sp³-hybridized carbons (Fsp3) is 0.370. The molecular weight excluding hydrogens is 479 g/mol. The Morgan fingerprint density at radius 2 is 1.95 bits per heavy atom. The number of fused-ring (bicyclic) bond motifs is 1. The number of carbonyl (C=O) groups is 1. The number of carbonyl (C=O) groups excluding carboxylic acids is 1. The van der Waals surface area contributed by atoms with Gasteiger partial charge in [0.05, 0.1) is 26.0 Å². The van der Waals surface area contributed by atoms with Crippen molar-refractivity contribution < 1.29 is 28.1 Å². The van der Waals surface area contributed by atoms with Gasteiger partial charge < -0.3 is 29.2 Å². The molecular formula is C27H29FN4O5. The van der Waals surface area contributed by atoms with Crippen LogP contribution < -0.4 is 24.4 Å². The average Bonchev–Trinajstić information content (AvgIpc) is 3.21. The molecule has 37 heavy (non-hydrogen) atoms. The summed E-state index contributed by atoms with van der Waals surface area (Å²) in [6.07, 6.45) is 2.15. The average molecular weight is 509 g/mol. The minimum absolute atomic E-state index is 0.0796. The minimum Gasteiger partial charge on any atom is -0.478 e. The van der Waals surface area contributed by atoms with Crippen LogP contribution in [0, 0.1) is 6.92 Å². The molecule has 1 amide bonds. The second kappa shape index (κ2) is 10.2. The van der Waals surface area contributed by atoms with E-state index in [1.54, 1.807) is 0 Å². The van der Waals surface area contributed by atoms with Gasteiger partial charge in [-0.05, 0) is 48.2 Å². The molecule has 5 rings (SSSR count). The highest BCUT2D eigenvalue weighted by atomic mass is 19.2. The Kier molecular flexibility index (Phi) is 6.84. The second-order valence-corrected chi connectivity index (χ2v) is 9.04. The van der Waals surface area contributed by atoms with Gasteiger partial charge in [-0.15, -0.1) is 0 Å². The van der Waals surface area contributed by atoms with Crippen molar-refractivity contribution in [3.8, 4) is 28.5 Å². The van der Waals surface area contributed by atoms with E-state index in [0.717, 1.165) is 48.9 Å². The molecule has 1 fully saturated rings. The van der Waals surface area contributed by atoms with Crippen LogP contribution in [0.4, 0.5) is 15.9 Å². The standard InChI is InChI=1S/C27H29FN4O5/c1-4-9-35-25-13-18(12-24(31-25)32-7-10-34-11-8-32)20-14-19(6-5-17(20)2)30-26(33)21-15-22-23(16-29-21)37-27(3,28)36-22/h5-6,12-16H,4,7-11H2,1-3H3,(H,30,33). The van der Waals surface area contributed by atoms with Crippen LogP contribution in [0.15, 0.2) is 42.6 Å². The summed E-state index contributed by atoms with van der Waals surface area (Å²) in [6.45, 7) is 8.57. The van der Waals surface area contributed by atoms with Gasteiger partial charge in [0.2, 0.25) is 5.88 Å². The predicted molar refractivity (Wildman–Crippen MR) is 136 cm³/mol.